The number of thiazole rings is 1. The molecular formula is C20H21N3O4S. The van der Waals surface area contributed by atoms with Gasteiger partial charge in [0.05, 0.1) is 24.7 Å². The third-order valence-electron chi connectivity index (χ3n) is 4.59. The van der Waals surface area contributed by atoms with Crippen LogP contribution in [0, 0.1) is 6.92 Å². The standard InChI is InChI=1S/C20H21N3O4S/c1-13-19(22-27-20(13)16-11-28-12-21-16)14(10-18(25)26-3)9-17(24)23(2)15-7-5-4-6-8-15/h4-8,11-12,14H,9-10H2,1-3H3/t14-/m0/s1. The second-order valence-electron chi connectivity index (χ2n) is 6.37. The maximum Gasteiger partial charge on any atom is 0.306 e. The molecule has 0 aliphatic carbocycles. The molecule has 8 heteroatoms. The molecule has 0 fully saturated rings. The van der Waals surface area contributed by atoms with Crippen LogP contribution < -0.4 is 4.90 Å². The van der Waals surface area contributed by atoms with E-state index in [2.05, 4.69) is 10.1 Å². The van der Waals surface area contributed by atoms with Crippen molar-refractivity contribution in [2.75, 3.05) is 19.1 Å². The van der Waals surface area contributed by atoms with Gasteiger partial charge in [0.1, 0.15) is 5.69 Å². The van der Waals surface area contributed by atoms with Crippen molar-refractivity contribution in [3.8, 4) is 11.5 Å². The zero-order valence-corrected chi connectivity index (χ0v) is 16.7. The number of anilines is 1. The molecule has 1 atom stereocenters. The second kappa shape index (κ2) is 8.79. The van der Waals surface area contributed by atoms with Crippen molar-refractivity contribution < 1.29 is 18.8 Å². The lowest BCUT2D eigenvalue weighted by molar-refractivity contribution is -0.141. The van der Waals surface area contributed by atoms with E-state index in [0.29, 0.717) is 17.1 Å². The summed E-state index contributed by atoms with van der Waals surface area (Å²) in [6, 6.07) is 9.34. The fourth-order valence-electron chi connectivity index (χ4n) is 2.99. The van der Waals surface area contributed by atoms with Gasteiger partial charge in [0.15, 0.2) is 5.76 Å². The summed E-state index contributed by atoms with van der Waals surface area (Å²) >= 11 is 1.45. The number of aromatic nitrogens is 2. The monoisotopic (exact) mass is 399 g/mol. The smallest absolute Gasteiger partial charge is 0.306 e. The Morgan fingerprint density at radius 3 is 2.64 bits per heavy atom. The summed E-state index contributed by atoms with van der Waals surface area (Å²) in [5, 5.41) is 6.02. The molecule has 1 aromatic carbocycles. The minimum Gasteiger partial charge on any atom is -0.469 e. The van der Waals surface area contributed by atoms with Gasteiger partial charge in [-0.05, 0) is 19.1 Å². The van der Waals surface area contributed by atoms with Crippen molar-refractivity contribution in [3.63, 3.8) is 0 Å². The molecule has 7 nitrogen and oxygen atoms in total. The number of amides is 1. The van der Waals surface area contributed by atoms with Gasteiger partial charge in [0, 0.05) is 36.0 Å². The molecule has 28 heavy (non-hydrogen) atoms. The summed E-state index contributed by atoms with van der Waals surface area (Å²) in [5.74, 6) is -0.437. The third-order valence-corrected chi connectivity index (χ3v) is 5.18. The van der Waals surface area contributed by atoms with Gasteiger partial charge < -0.3 is 14.2 Å². The molecule has 0 radical (unpaired) electrons. The van der Waals surface area contributed by atoms with Gasteiger partial charge in [0.25, 0.3) is 0 Å². The molecule has 0 spiro atoms. The number of para-hydroxylation sites is 1. The number of carbonyl (C=O) groups is 2. The first-order valence-electron chi connectivity index (χ1n) is 8.74. The zero-order valence-electron chi connectivity index (χ0n) is 15.9. The van der Waals surface area contributed by atoms with E-state index in [1.807, 2.05) is 42.6 Å². The van der Waals surface area contributed by atoms with Crippen LogP contribution in [0.2, 0.25) is 0 Å². The lowest BCUT2D eigenvalue weighted by atomic mass is 9.93. The SMILES string of the molecule is COC(=O)C[C@H](CC(=O)N(C)c1ccccc1)c1noc(-c2cscn2)c1C. The van der Waals surface area contributed by atoms with Crippen LogP contribution in [0.3, 0.4) is 0 Å². The van der Waals surface area contributed by atoms with Crippen molar-refractivity contribution in [3.05, 3.63) is 52.5 Å². The molecule has 0 unspecified atom stereocenters. The molecule has 0 bridgehead atoms. The Morgan fingerprint density at radius 1 is 1.25 bits per heavy atom. The van der Waals surface area contributed by atoms with E-state index in [0.717, 1.165) is 11.3 Å². The van der Waals surface area contributed by atoms with Crippen LogP contribution in [0.1, 0.15) is 30.0 Å². The number of nitrogens with zero attached hydrogens (tertiary/aromatic N) is 3. The first-order chi connectivity index (χ1) is 13.5. The van der Waals surface area contributed by atoms with Gasteiger partial charge in [-0.1, -0.05) is 23.4 Å². The summed E-state index contributed by atoms with van der Waals surface area (Å²) < 4.78 is 10.3. The summed E-state index contributed by atoms with van der Waals surface area (Å²) in [5.41, 5.74) is 4.52. The Morgan fingerprint density at radius 2 is 2.00 bits per heavy atom. The Hall–Kier alpha value is -3.00. The Bertz CT molecular complexity index is 938. The van der Waals surface area contributed by atoms with Crippen LogP contribution >= 0.6 is 11.3 Å². The Kier molecular flexibility index (Phi) is 6.20. The maximum atomic E-state index is 12.8. The number of carbonyl (C=O) groups excluding carboxylic acids is 2. The average molecular weight is 399 g/mol. The fourth-order valence-corrected chi connectivity index (χ4v) is 3.52. The van der Waals surface area contributed by atoms with Crippen LogP contribution in [0.4, 0.5) is 5.69 Å². The lowest BCUT2D eigenvalue weighted by Gasteiger charge is -2.20. The van der Waals surface area contributed by atoms with E-state index in [1.54, 1.807) is 17.5 Å². The summed E-state index contributed by atoms with van der Waals surface area (Å²) in [4.78, 5) is 30.6. The first kappa shape index (κ1) is 19.8. The molecule has 3 aromatic rings. The predicted molar refractivity (Wildman–Crippen MR) is 106 cm³/mol. The van der Waals surface area contributed by atoms with Crippen molar-refractivity contribution in [1.82, 2.24) is 10.1 Å². The molecule has 0 N–H and O–H groups in total. The number of benzene rings is 1. The van der Waals surface area contributed by atoms with Gasteiger partial charge in [-0.25, -0.2) is 4.98 Å². The van der Waals surface area contributed by atoms with Crippen molar-refractivity contribution in [2.24, 2.45) is 0 Å². The van der Waals surface area contributed by atoms with E-state index in [1.165, 1.54) is 18.4 Å². The highest BCUT2D eigenvalue weighted by Gasteiger charge is 2.28. The van der Waals surface area contributed by atoms with Crippen molar-refractivity contribution in [1.29, 1.82) is 0 Å². The zero-order chi connectivity index (χ0) is 20.1. The van der Waals surface area contributed by atoms with Crippen LogP contribution in [-0.2, 0) is 14.3 Å². The molecule has 3 rings (SSSR count). The molecule has 0 saturated heterocycles. The topological polar surface area (TPSA) is 85.5 Å². The van der Waals surface area contributed by atoms with E-state index >= 15 is 0 Å². The van der Waals surface area contributed by atoms with Crippen LogP contribution in [0.15, 0.2) is 45.7 Å². The summed E-state index contributed by atoms with van der Waals surface area (Å²) in [6.45, 7) is 1.86. The van der Waals surface area contributed by atoms with Gasteiger partial charge >= 0.3 is 5.97 Å². The van der Waals surface area contributed by atoms with Gasteiger partial charge in [-0.3, -0.25) is 9.59 Å². The minimum atomic E-state index is -0.456. The quantitative estimate of drug-likeness (QED) is 0.562. The minimum absolute atomic E-state index is 0.0365. The summed E-state index contributed by atoms with van der Waals surface area (Å²) in [7, 11) is 3.04. The second-order valence-corrected chi connectivity index (χ2v) is 7.08. The molecular weight excluding hydrogens is 378 g/mol. The van der Waals surface area contributed by atoms with Crippen LogP contribution in [0.5, 0.6) is 0 Å². The average Bonchev–Trinajstić information content (AvgIpc) is 3.36. The predicted octanol–water partition coefficient (Wildman–Crippen LogP) is 3.81. The van der Waals surface area contributed by atoms with Crippen LogP contribution in [-0.4, -0.2) is 36.2 Å². The first-order valence-corrected chi connectivity index (χ1v) is 9.68. The lowest BCUT2D eigenvalue weighted by Crippen LogP contribution is -2.28. The summed E-state index contributed by atoms with van der Waals surface area (Å²) in [6.07, 6.45) is 0.138. The molecule has 146 valence electrons. The normalized spacial score (nSPS) is 11.8. The molecule has 0 saturated carbocycles. The van der Waals surface area contributed by atoms with Crippen molar-refractivity contribution in [2.45, 2.75) is 25.7 Å². The molecule has 0 aliphatic heterocycles. The van der Waals surface area contributed by atoms with Gasteiger partial charge in [-0.2, -0.15) is 0 Å². The molecule has 2 aromatic heterocycles. The van der Waals surface area contributed by atoms with Gasteiger partial charge in [-0.15, -0.1) is 11.3 Å². The number of rotatable bonds is 7. The van der Waals surface area contributed by atoms with Crippen molar-refractivity contribution >= 4 is 28.9 Å². The molecule has 0 aliphatic rings. The van der Waals surface area contributed by atoms with E-state index in [9.17, 15) is 9.59 Å². The Labute approximate surface area is 166 Å². The van der Waals surface area contributed by atoms with E-state index < -0.39 is 11.9 Å². The van der Waals surface area contributed by atoms with Crippen LogP contribution in [0.25, 0.3) is 11.5 Å². The Balaban J connectivity index is 1.85. The number of esters is 1. The maximum absolute atomic E-state index is 12.8. The number of hydrogen-bond acceptors (Lipinski definition) is 7. The number of methoxy groups -OCH3 is 1. The highest BCUT2D eigenvalue weighted by atomic mass is 32.1. The third kappa shape index (κ3) is 4.28. The largest absolute Gasteiger partial charge is 0.469 e. The van der Waals surface area contributed by atoms with E-state index in [4.69, 9.17) is 9.26 Å². The molecule has 1 amide bonds. The highest BCUT2D eigenvalue weighted by molar-refractivity contribution is 7.07. The fraction of sp³-hybridized carbons (Fsp3) is 0.300. The number of hydrogen-bond donors (Lipinski definition) is 0. The van der Waals surface area contributed by atoms with E-state index in [-0.39, 0.29) is 18.7 Å². The van der Waals surface area contributed by atoms with Gasteiger partial charge in [0.2, 0.25) is 5.91 Å². The highest BCUT2D eigenvalue weighted by Crippen LogP contribution is 2.33. The number of ether oxygens (including phenoxy) is 1. The molecule has 2 heterocycles.